The Morgan fingerprint density at radius 2 is 2.28 bits per heavy atom. The third-order valence-electron chi connectivity index (χ3n) is 3.80. The van der Waals surface area contributed by atoms with Gasteiger partial charge in [0, 0.05) is 44.9 Å². The van der Waals surface area contributed by atoms with Crippen molar-refractivity contribution in [1.82, 2.24) is 14.9 Å². The third kappa shape index (κ3) is 2.18. The zero-order chi connectivity index (χ0) is 12.4. The van der Waals surface area contributed by atoms with Gasteiger partial charge in [0.05, 0.1) is 0 Å². The molecule has 1 heterocycles. The molecule has 94 valence electrons. The molecule has 0 aliphatic heterocycles. The molecule has 1 N–H and O–H groups in total. The van der Waals surface area contributed by atoms with Crippen molar-refractivity contribution in [3.8, 4) is 0 Å². The van der Waals surface area contributed by atoms with E-state index < -0.39 is 0 Å². The lowest BCUT2D eigenvalue weighted by molar-refractivity contribution is 0.533. The molecule has 1 aliphatic rings. The molecule has 3 nitrogen and oxygen atoms in total. The Kier molecular flexibility index (Phi) is 3.15. The van der Waals surface area contributed by atoms with Crippen molar-refractivity contribution in [2.45, 2.75) is 18.8 Å². The van der Waals surface area contributed by atoms with Crippen LogP contribution in [0.1, 0.15) is 22.9 Å². The number of imidazole rings is 1. The Labute approximate surface area is 108 Å². The highest BCUT2D eigenvalue weighted by Crippen LogP contribution is 2.33. The number of rotatable bonds is 5. The highest BCUT2D eigenvalue weighted by molar-refractivity contribution is 5.40. The van der Waals surface area contributed by atoms with Crippen molar-refractivity contribution in [3.63, 3.8) is 0 Å². The molecule has 0 radical (unpaired) electrons. The van der Waals surface area contributed by atoms with Gasteiger partial charge in [0.2, 0.25) is 0 Å². The molecule has 1 unspecified atom stereocenters. The lowest BCUT2D eigenvalue weighted by Gasteiger charge is -2.30. The standard InChI is InChI=1S/C15H19N3/c1-18-9-8-17-15(18)6-7-16-11-13-10-12-4-2-3-5-14(12)13/h2-5,8-9,13,16H,6-7,10-11H2,1H3. The van der Waals surface area contributed by atoms with Crippen LogP contribution in [0, 0.1) is 0 Å². The maximum atomic E-state index is 4.33. The van der Waals surface area contributed by atoms with Crippen molar-refractivity contribution in [2.24, 2.45) is 7.05 Å². The molecular weight excluding hydrogens is 222 g/mol. The van der Waals surface area contributed by atoms with Crippen LogP contribution in [0.15, 0.2) is 36.7 Å². The molecule has 0 saturated heterocycles. The Morgan fingerprint density at radius 1 is 1.39 bits per heavy atom. The zero-order valence-corrected chi connectivity index (χ0v) is 10.8. The Bertz CT molecular complexity index is 530. The maximum absolute atomic E-state index is 4.33. The van der Waals surface area contributed by atoms with Crippen LogP contribution < -0.4 is 5.32 Å². The van der Waals surface area contributed by atoms with E-state index in [1.807, 2.05) is 19.4 Å². The maximum Gasteiger partial charge on any atom is 0.109 e. The lowest BCUT2D eigenvalue weighted by Crippen LogP contribution is -2.30. The first kappa shape index (κ1) is 11.5. The fraction of sp³-hybridized carbons (Fsp3) is 0.400. The predicted molar refractivity (Wildman–Crippen MR) is 72.7 cm³/mol. The highest BCUT2D eigenvalue weighted by atomic mass is 15.0. The van der Waals surface area contributed by atoms with Gasteiger partial charge in [-0.15, -0.1) is 0 Å². The van der Waals surface area contributed by atoms with Gasteiger partial charge in [0.25, 0.3) is 0 Å². The Balaban J connectivity index is 1.43. The van der Waals surface area contributed by atoms with Crippen LogP contribution in [-0.2, 0) is 19.9 Å². The summed E-state index contributed by atoms with van der Waals surface area (Å²) in [5.74, 6) is 1.86. The topological polar surface area (TPSA) is 29.9 Å². The van der Waals surface area contributed by atoms with Gasteiger partial charge in [0.15, 0.2) is 0 Å². The minimum Gasteiger partial charge on any atom is -0.338 e. The van der Waals surface area contributed by atoms with E-state index in [0.29, 0.717) is 5.92 Å². The van der Waals surface area contributed by atoms with E-state index in [1.54, 1.807) is 0 Å². The highest BCUT2D eigenvalue weighted by Gasteiger charge is 2.24. The number of hydrogen-bond donors (Lipinski definition) is 1. The van der Waals surface area contributed by atoms with Gasteiger partial charge in [-0.3, -0.25) is 0 Å². The number of benzene rings is 1. The van der Waals surface area contributed by atoms with Gasteiger partial charge in [0.1, 0.15) is 5.82 Å². The molecule has 3 heteroatoms. The molecule has 1 aromatic carbocycles. The van der Waals surface area contributed by atoms with Crippen LogP contribution in [0.2, 0.25) is 0 Å². The lowest BCUT2D eigenvalue weighted by atomic mass is 9.77. The van der Waals surface area contributed by atoms with E-state index in [-0.39, 0.29) is 0 Å². The molecule has 2 aromatic rings. The van der Waals surface area contributed by atoms with E-state index in [9.17, 15) is 0 Å². The van der Waals surface area contributed by atoms with E-state index >= 15 is 0 Å². The number of hydrogen-bond acceptors (Lipinski definition) is 2. The van der Waals surface area contributed by atoms with E-state index in [0.717, 1.165) is 25.3 Å². The summed E-state index contributed by atoms with van der Waals surface area (Å²) < 4.78 is 2.08. The fourth-order valence-corrected chi connectivity index (χ4v) is 2.66. The Morgan fingerprint density at radius 3 is 3.06 bits per heavy atom. The SMILES string of the molecule is Cn1ccnc1CCNCC1Cc2ccccc21. The molecule has 1 aromatic heterocycles. The van der Waals surface area contributed by atoms with Gasteiger partial charge in [-0.1, -0.05) is 24.3 Å². The van der Waals surface area contributed by atoms with E-state index in [4.69, 9.17) is 0 Å². The van der Waals surface area contributed by atoms with Crippen molar-refractivity contribution in [3.05, 3.63) is 53.6 Å². The van der Waals surface area contributed by atoms with Gasteiger partial charge < -0.3 is 9.88 Å². The second kappa shape index (κ2) is 4.94. The molecule has 0 fully saturated rings. The summed E-state index contributed by atoms with van der Waals surface area (Å²) in [4.78, 5) is 4.33. The molecule has 1 aliphatic carbocycles. The summed E-state index contributed by atoms with van der Waals surface area (Å²) in [5.41, 5.74) is 3.05. The first-order valence-electron chi connectivity index (χ1n) is 6.59. The largest absolute Gasteiger partial charge is 0.338 e. The van der Waals surface area contributed by atoms with Crippen LogP contribution in [0.25, 0.3) is 0 Å². The van der Waals surface area contributed by atoms with Gasteiger partial charge in [-0.25, -0.2) is 4.98 Å². The second-order valence-corrected chi connectivity index (χ2v) is 5.01. The zero-order valence-electron chi connectivity index (χ0n) is 10.8. The first-order chi connectivity index (χ1) is 8.84. The fourth-order valence-electron chi connectivity index (χ4n) is 2.66. The van der Waals surface area contributed by atoms with E-state index in [1.165, 1.54) is 17.5 Å². The number of aryl methyl sites for hydroxylation is 1. The number of fused-ring (bicyclic) bond motifs is 1. The smallest absolute Gasteiger partial charge is 0.109 e. The van der Waals surface area contributed by atoms with Crippen molar-refractivity contribution < 1.29 is 0 Å². The quantitative estimate of drug-likeness (QED) is 0.810. The molecule has 0 amide bonds. The normalized spacial score (nSPS) is 17.3. The molecule has 0 spiro atoms. The van der Waals surface area contributed by atoms with Gasteiger partial charge in [-0.2, -0.15) is 0 Å². The summed E-state index contributed by atoms with van der Waals surface area (Å²) in [6.07, 6.45) is 6.08. The first-order valence-corrected chi connectivity index (χ1v) is 6.59. The minimum atomic E-state index is 0.711. The van der Waals surface area contributed by atoms with Crippen LogP contribution >= 0.6 is 0 Å². The second-order valence-electron chi connectivity index (χ2n) is 5.01. The molecule has 1 atom stereocenters. The van der Waals surface area contributed by atoms with Crippen LogP contribution in [-0.4, -0.2) is 22.6 Å². The Hall–Kier alpha value is -1.61. The summed E-state index contributed by atoms with van der Waals surface area (Å²) in [6.45, 7) is 2.09. The van der Waals surface area contributed by atoms with Crippen molar-refractivity contribution in [2.75, 3.05) is 13.1 Å². The number of aromatic nitrogens is 2. The summed E-state index contributed by atoms with van der Waals surface area (Å²) in [6, 6.07) is 8.76. The van der Waals surface area contributed by atoms with Crippen LogP contribution in [0.5, 0.6) is 0 Å². The molecular formula is C15H19N3. The van der Waals surface area contributed by atoms with Crippen LogP contribution in [0.4, 0.5) is 0 Å². The van der Waals surface area contributed by atoms with Crippen molar-refractivity contribution in [1.29, 1.82) is 0 Å². The molecule has 0 saturated carbocycles. The molecule has 18 heavy (non-hydrogen) atoms. The van der Waals surface area contributed by atoms with E-state index in [2.05, 4.69) is 39.1 Å². The minimum absolute atomic E-state index is 0.711. The summed E-state index contributed by atoms with van der Waals surface area (Å²) >= 11 is 0. The van der Waals surface area contributed by atoms with Crippen molar-refractivity contribution >= 4 is 0 Å². The van der Waals surface area contributed by atoms with Gasteiger partial charge in [-0.05, 0) is 17.5 Å². The molecule has 0 bridgehead atoms. The summed E-state index contributed by atoms with van der Waals surface area (Å²) in [7, 11) is 2.05. The van der Waals surface area contributed by atoms with Crippen LogP contribution in [0.3, 0.4) is 0 Å². The molecule has 3 rings (SSSR count). The summed E-state index contributed by atoms with van der Waals surface area (Å²) in [5, 5.41) is 3.54. The van der Waals surface area contributed by atoms with Gasteiger partial charge >= 0.3 is 0 Å². The average molecular weight is 241 g/mol. The predicted octanol–water partition coefficient (Wildman–Crippen LogP) is 1.89. The number of nitrogens with one attached hydrogen (secondary N) is 1. The average Bonchev–Trinajstić information content (AvgIpc) is 2.75. The number of nitrogens with zero attached hydrogens (tertiary/aromatic N) is 2. The third-order valence-corrected chi connectivity index (χ3v) is 3.80. The monoisotopic (exact) mass is 241 g/mol.